The van der Waals surface area contributed by atoms with E-state index in [-0.39, 0.29) is 5.95 Å². The average Bonchev–Trinajstić information content (AvgIpc) is 2.04. The standard InChI is InChI=1S/C8H13N3O/c1-3-6-5-7(12-4-2)11-8(9)10-6/h5H,3-4H2,1-2H3,(H2,9,10,11). The number of ether oxygens (including phenoxy) is 1. The van der Waals surface area contributed by atoms with Gasteiger partial charge < -0.3 is 10.5 Å². The molecule has 66 valence electrons. The highest BCUT2D eigenvalue weighted by molar-refractivity contribution is 5.25. The lowest BCUT2D eigenvalue weighted by molar-refractivity contribution is 0.326. The number of hydrogen-bond acceptors (Lipinski definition) is 4. The fraction of sp³-hybridized carbons (Fsp3) is 0.500. The number of rotatable bonds is 3. The smallest absolute Gasteiger partial charge is 0.223 e. The van der Waals surface area contributed by atoms with E-state index >= 15 is 0 Å². The van der Waals surface area contributed by atoms with E-state index in [4.69, 9.17) is 10.5 Å². The van der Waals surface area contributed by atoms with Gasteiger partial charge in [0.1, 0.15) is 0 Å². The van der Waals surface area contributed by atoms with Gasteiger partial charge in [-0.25, -0.2) is 4.98 Å². The fourth-order valence-electron chi connectivity index (χ4n) is 0.895. The molecule has 1 aromatic heterocycles. The van der Waals surface area contributed by atoms with Gasteiger partial charge in [-0.2, -0.15) is 4.98 Å². The maximum Gasteiger partial charge on any atom is 0.223 e. The van der Waals surface area contributed by atoms with E-state index in [1.807, 2.05) is 13.8 Å². The van der Waals surface area contributed by atoms with Crippen molar-refractivity contribution in [3.8, 4) is 5.88 Å². The van der Waals surface area contributed by atoms with E-state index in [0.717, 1.165) is 12.1 Å². The first-order valence-electron chi connectivity index (χ1n) is 4.02. The Balaban J connectivity index is 2.90. The minimum Gasteiger partial charge on any atom is -0.478 e. The highest BCUT2D eigenvalue weighted by Gasteiger charge is 2.00. The van der Waals surface area contributed by atoms with Crippen LogP contribution in [0.1, 0.15) is 19.5 Å². The Labute approximate surface area is 71.8 Å². The summed E-state index contributed by atoms with van der Waals surface area (Å²) in [7, 11) is 0. The lowest BCUT2D eigenvalue weighted by Gasteiger charge is -2.03. The van der Waals surface area contributed by atoms with Crippen molar-refractivity contribution < 1.29 is 4.74 Å². The number of aromatic nitrogens is 2. The predicted octanol–water partition coefficient (Wildman–Crippen LogP) is 1.02. The molecular formula is C8H13N3O. The van der Waals surface area contributed by atoms with Crippen LogP contribution >= 0.6 is 0 Å². The van der Waals surface area contributed by atoms with Gasteiger partial charge in [-0.3, -0.25) is 0 Å². The maximum absolute atomic E-state index is 5.46. The van der Waals surface area contributed by atoms with E-state index in [1.54, 1.807) is 6.07 Å². The molecule has 12 heavy (non-hydrogen) atoms. The van der Waals surface area contributed by atoms with Gasteiger partial charge in [-0.05, 0) is 13.3 Å². The van der Waals surface area contributed by atoms with Crippen molar-refractivity contribution >= 4 is 5.95 Å². The van der Waals surface area contributed by atoms with Crippen LogP contribution < -0.4 is 10.5 Å². The van der Waals surface area contributed by atoms with Gasteiger partial charge in [0, 0.05) is 11.8 Å². The normalized spacial score (nSPS) is 9.83. The topological polar surface area (TPSA) is 61.0 Å². The second-order valence-corrected chi connectivity index (χ2v) is 2.34. The molecule has 0 atom stereocenters. The van der Waals surface area contributed by atoms with Gasteiger partial charge in [-0.15, -0.1) is 0 Å². The predicted molar refractivity (Wildman–Crippen MR) is 47.0 cm³/mol. The van der Waals surface area contributed by atoms with Crippen LogP contribution in [0.4, 0.5) is 5.95 Å². The SMILES string of the molecule is CCOc1cc(CC)nc(N)n1. The zero-order valence-electron chi connectivity index (χ0n) is 7.37. The molecular weight excluding hydrogens is 154 g/mol. The van der Waals surface area contributed by atoms with E-state index in [9.17, 15) is 0 Å². The summed E-state index contributed by atoms with van der Waals surface area (Å²) < 4.78 is 5.20. The van der Waals surface area contributed by atoms with Crippen molar-refractivity contribution in [2.45, 2.75) is 20.3 Å². The largest absolute Gasteiger partial charge is 0.478 e. The lowest BCUT2D eigenvalue weighted by atomic mass is 10.3. The second kappa shape index (κ2) is 3.90. The molecule has 0 fully saturated rings. The molecule has 4 heteroatoms. The molecule has 0 saturated heterocycles. The van der Waals surface area contributed by atoms with Gasteiger partial charge in [0.25, 0.3) is 0 Å². The summed E-state index contributed by atoms with van der Waals surface area (Å²) in [5.74, 6) is 0.833. The van der Waals surface area contributed by atoms with Crippen molar-refractivity contribution in [2.75, 3.05) is 12.3 Å². The van der Waals surface area contributed by atoms with E-state index < -0.39 is 0 Å². The molecule has 0 radical (unpaired) electrons. The number of hydrogen-bond donors (Lipinski definition) is 1. The third-order valence-corrected chi connectivity index (χ3v) is 1.43. The fourth-order valence-corrected chi connectivity index (χ4v) is 0.895. The van der Waals surface area contributed by atoms with E-state index in [0.29, 0.717) is 12.5 Å². The number of aryl methyl sites for hydroxylation is 1. The number of nitrogen functional groups attached to an aromatic ring is 1. The third kappa shape index (κ3) is 2.08. The Morgan fingerprint density at radius 3 is 2.75 bits per heavy atom. The van der Waals surface area contributed by atoms with Crippen molar-refractivity contribution in [3.05, 3.63) is 11.8 Å². The van der Waals surface area contributed by atoms with Gasteiger partial charge >= 0.3 is 0 Å². The zero-order valence-corrected chi connectivity index (χ0v) is 7.37. The molecule has 0 unspecified atom stereocenters. The molecule has 0 amide bonds. The molecule has 4 nitrogen and oxygen atoms in total. The van der Waals surface area contributed by atoms with Crippen LogP contribution in [0, 0.1) is 0 Å². The third-order valence-electron chi connectivity index (χ3n) is 1.43. The molecule has 0 aromatic carbocycles. The van der Waals surface area contributed by atoms with Gasteiger partial charge in [0.2, 0.25) is 11.8 Å². The van der Waals surface area contributed by atoms with Crippen molar-refractivity contribution in [1.82, 2.24) is 9.97 Å². The van der Waals surface area contributed by atoms with Crippen molar-refractivity contribution in [1.29, 1.82) is 0 Å². The minimum atomic E-state index is 0.276. The summed E-state index contributed by atoms with van der Waals surface area (Å²) in [5, 5.41) is 0. The zero-order chi connectivity index (χ0) is 8.97. The Bertz CT molecular complexity index is 262. The maximum atomic E-state index is 5.46. The molecule has 0 bridgehead atoms. The second-order valence-electron chi connectivity index (χ2n) is 2.34. The van der Waals surface area contributed by atoms with Crippen LogP contribution in [-0.2, 0) is 6.42 Å². The van der Waals surface area contributed by atoms with Gasteiger partial charge in [-0.1, -0.05) is 6.92 Å². The Morgan fingerprint density at radius 2 is 2.17 bits per heavy atom. The van der Waals surface area contributed by atoms with Gasteiger partial charge in [0.15, 0.2) is 0 Å². The lowest BCUT2D eigenvalue weighted by Crippen LogP contribution is -2.02. The van der Waals surface area contributed by atoms with Crippen LogP contribution in [0.5, 0.6) is 5.88 Å². The summed E-state index contributed by atoms with van der Waals surface area (Å²) in [6.45, 7) is 4.51. The van der Waals surface area contributed by atoms with Crippen molar-refractivity contribution in [2.24, 2.45) is 0 Å². The Morgan fingerprint density at radius 1 is 1.42 bits per heavy atom. The number of nitrogens with two attached hydrogens (primary N) is 1. The molecule has 1 aromatic rings. The van der Waals surface area contributed by atoms with E-state index in [1.165, 1.54) is 0 Å². The minimum absolute atomic E-state index is 0.276. The molecule has 0 aliphatic heterocycles. The van der Waals surface area contributed by atoms with Crippen LogP contribution in [0.25, 0.3) is 0 Å². The van der Waals surface area contributed by atoms with Crippen molar-refractivity contribution in [3.63, 3.8) is 0 Å². The molecule has 0 saturated carbocycles. The molecule has 2 N–H and O–H groups in total. The molecule has 1 heterocycles. The summed E-state index contributed by atoms with van der Waals surface area (Å²) in [6, 6.07) is 1.81. The van der Waals surface area contributed by atoms with Crippen LogP contribution in [0.3, 0.4) is 0 Å². The summed E-state index contributed by atoms with van der Waals surface area (Å²) in [6.07, 6.45) is 0.840. The Hall–Kier alpha value is -1.32. The number of anilines is 1. The first-order chi connectivity index (χ1) is 5.76. The first-order valence-corrected chi connectivity index (χ1v) is 4.02. The quantitative estimate of drug-likeness (QED) is 0.730. The summed E-state index contributed by atoms with van der Waals surface area (Å²) in [5.41, 5.74) is 6.37. The summed E-state index contributed by atoms with van der Waals surface area (Å²) >= 11 is 0. The molecule has 0 aliphatic rings. The molecule has 1 rings (SSSR count). The Kier molecular flexibility index (Phi) is 2.85. The first kappa shape index (κ1) is 8.77. The number of nitrogens with zero attached hydrogens (tertiary/aromatic N) is 2. The van der Waals surface area contributed by atoms with Crippen LogP contribution in [0.15, 0.2) is 6.07 Å². The molecule has 0 spiro atoms. The highest BCUT2D eigenvalue weighted by Crippen LogP contribution is 2.10. The van der Waals surface area contributed by atoms with Crippen LogP contribution in [0.2, 0.25) is 0 Å². The molecule has 0 aliphatic carbocycles. The monoisotopic (exact) mass is 167 g/mol. The highest BCUT2D eigenvalue weighted by atomic mass is 16.5. The average molecular weight is 167 g/mol. The summed E-state index contributed by atoms with van der Waals surface area (Å²) in [4.78, 5) is 7.94. The van der Waals surface area contributed by atoms with E-state index in [2.05, 4.69) is 9.97 Å². The van der Waals surface area contributed by atoms with Crippen LogP contribution in [-0.4, -0.2) is 16.6 Å². The van der Waals surface area contributed by atoms with Gasteiger partial charge in [0.05, 0.1) is 6.61 Å².